The summed E-state index contributed by atoms with van der Waals surface area (Å²) >= 11 is 0. The van der Waals surface area contributed by atoms with Crippen LogP contribution in [0.15, 0.2) is 64.2 Å². The third kappa shape index (κ3) is 4.17. The Hall–Kier alpha value is -3.48. The summed E-state index contributed by atoms with van der Waals surface area (Å²) in [5.74, 6) is -0.337. The van der Waals surface area contributed by atoms with E-state index in [1.54, 1.807) is 0 Å². The number of rotatable bonds is 3. The van der Waals surface area contributed by atoms with E-state index in [1.165, 1.54) is 4.90 Å². The van der Waals surface area contributed by atoms with Crippen LogP contribution in [0.25, 0.3) is 11.1 Å². The van der Waals surface area contributed by atoms with E-state index in [1.807, 2.05) is 82.3 Å². The molecule has 39 heavy (non-hydrogen) atoms. The lowest BCUT2D eigenvalue weighted by atomic mass is 9.52. The van der Waals surface area contributed by atoms with Crippen LogP contribution in [-0.2, 0) is 19.8 Å². The highest BCUT2D eigenvalue weighted by Crippen LogP contribution is 2.59. The highest BCUT2D eigenvalue weighted by atomic mass is 16.6. The number of amides is 2. The van der Waals surface area contributed by atoms with E-state index in [0.717, 1.165) is 29.5 Å². The molecule has 7 nitrogen and oxygen atoms in total. The molecule has 5 atom stereocenters. The van der Waals surface area contributed by atoms with E-state index in [9.17, 15) is 9.59 Å². The van der Waals surface area contributed by atoms with Gasteiger partial charge >= 0.3 is 0 Å². The Kier molecular flexibility index (Phi) is 5.62. The normalized spacial score (nSPS) is 32.7. The van der Waals surface area contributed by atoms with Crippen molar-refractivity contribution in [2.24, 2.45) is 27.3 Å². The van der Waals surface area contributed by atoms with Crippen molar-refractivity contribution in [3.63, 3.8) is 0 Å². The van der Waals surface area contributed by atoms with Crippen molar-refractivity contribution >= 4 is 28.6 Å². The minimum atomic E-state index is -0.725. The highest BCUT2D eigenvalue weighted by Gasteiger charge is 2.61. The molecule has 204 valence electrons. The van der Waals surface area contributed by atoms with Crippen LogP contribution in [0, 0.1) is 22.2 Å². The van der Waals surface area contributed by atoms with Gasteiger partial charge in [-0.2, -0.15) is 0 Å². The summed E-state index contributed by atoms with van der Waals surface area (Å²) < 4.78 is 6.24. The monoisotopic (exact) mass is 527 g/mol. The second-order valence-corrected chi connectivity index (χ2v) is 13.8. The van der Waals surface area contributed by atoms with Crippen LogP contribution in [0.3, 0.4) is 0 Å². The zero-order valence-corrected chi connectivity index (χ0v) is 23.7. The highest BCUT2D eigenvalue weighted by molar-refractivity contribution is 6.12. The molecular weight excluding hydrogens is 490 g/mol. The first-order chi connectivity index (χ1) is 18.3. The predicted octanol–water partition coefficient (Wildman–Crippen LogP) is 6.44. The first-order valence-corrected chi connectivity index (χ1v) is 13.8. The molecule has 0 unspecified atom stereocenters. The molecule has 1 saturated carbocycles. The number of fused-ring (bicyclic) bond motifs is 3. The number of hydrogen-bond acceptors (Lipinski definition) is 6. The first-order valence-electron chi connectivity index (χ1n) is 13.8. The van der Waals surface area contributed by atoms with Gasteiger partial charge in [0, 0.05) is 22.8 Å². The average molecular weight is 528 g/mol. The molecule has 2 bridgehead atoms. The fourth-order valence-corrected chi connectivity index (χ4v) is 7.72. The van der Waals surface area contributed by atoms with Gasteiger partial charge in [-0.05, 0) is 42.4 Å². The summed E-state index contributed by atoms with van der Waals surface area (Å²) in [4.78, 5) is 41.0. The number of oxime groups is 1. The zero-order valence-electron chi connectivity index (χ0n) is 23.7. The number of benzene rings is 2. The number of imide groups is 1. The van der Waals surface area contributed by atoms with Crippen molar-refractivity contribution in [1.29, 1.82) is 0 Å². The summed E-state index contributed by atoms with van der Waals surface area (Å²) in [6.07, 6.45) is 1.49. The van der Waals surface area contributed by atoms with E-state index in [0.29, 0.717) is 24.6 Å². The molecule has 2 aliphatic heterocycles. The molecule has 3 aromatic rings. The third-order valence-corrected chi connectivity index (χ3v) is 8.82. The van der Waals surface area contributed by atoms with Crippen LogP contribution < -0.4 is 0 Å². The fraction of sp³-hybridized carbons (Fsp3) is 0.500. The van der Waals surface area contributed by atoms with Crippen LogP contribution in [0.4, 0.5) is 0 Å². The van der Waals surface area contributed by atoms with Gasteiger partial charge in [0.2, 0.25) is 17.7 Å². The molecule has 2 amide bonds. The van der Waals surface area contributed by atoms with Crippen molar-refractivity contribution in [1.82, 2.24) is 9.88 Å². The Bertz CT molecular complexity index is 1450. The summed E-state index contributed by atoms with van der Waals surface area (Å²) in [7, 11) is 0. The SMILES string of the molecule is CC(C)(C)C1=NO[C@H](c2ccccc2)[C@H]1C(=O)N1C[C@@]2(C)C[C@](C)(C[C@@](C)(c3nc4ccccc4o3)C2)C1=O. The third-order valence-electron chi connectivity index (χ3n) is 8.82. The molecule has 6 rings (SSSR count). The Balaban J connectivity index is 1.35. The van der Waals surface area contributed by atoms with Crippen LogP contribution in [0.5, 0.6) is 0 Å². The first kappa shape index (κ1) is 25.8. The number of hydrogen-bond donors (Lipinski definition) is 0. The molecule has 0 spiro atoms. The van der Waals surface area contributed by atoms with Gasteiger partial charge in [-0.3, -0.25) is 14.5 Å². The summed E-state index contributed by atoms with van der Waals surface area (Å²) in [6.45, 7) is 12.8. The van der Waals surface area contributed by atoms with E-state index in [2.05, 4.69) is 19.0 Å². The number of aromatic nitrogens is 1. The maximum absolute atomic E-state index is 14.4. The Morgan fingerprint density at radius 2 is 1.62 bits per heavy atom. The molecule has 0 radical (unpaired) electrons. The lowest BCUT2D eigenvalue weighted by Crippen LogP contribution is -2.63. The maximum Gasteiger partial charge on any atom is 0.242 e. The molecule has 3 heterocycles. The number of para-hydroxylation sites is 2. The largest absolute Gasteiger partial charge is 0.440 e. The smallest absolute Gasteiger partial charge is 0.242 e. The molecule has 0 N–H and O–H groups in total. The number of piperidine rings is 1. The molecule has 1 aliphatic carbocycles. The quantitative estimate of drug-likeness (QED) is 0.366. The summed E-state index contributed by atoms with van der Waals surface area (Å²) in [5, 5.41) is 4.41. The van der Waals surface area contributed by atoms with Crippen molar-refractivity contribution in [3.8, 4) is 0 Å². The van der Waals surface area contributed by atoms with Crippen molar-refractivity contribution < 1.29 is 18.8 Å². The molecule has 7 heteroatoms. The van der Waals surface area contributed by atoms with Gasteiger partial charge in [0.15, 0.2) is 11.7 Å². The molecule has 2 aromatic carbocycles. The van der Waals surface area contributed by atoms with Gasteiger partial charge in [-0.1, -0.05) is 89.2 Å². The number of carbonyl (C=O) groups excluding carboxylic acids is 2. The summed E-state index contributed by atoms with van der Waals surface area (Å²) in [6, 6.07) is 17.5. The average Bonchev–Trinajstić information content (AvgIpc) is 3.51. The topological polar surface area (TPSA) is 85.0 Å². The van der Waals surface area contributed by atoms with Gasteiger partial charge in [-0.15, -0.1) is 0 Å². The standard InChI is InChI=1S/C32H37N3O4/c1-29(2,3)25-23(24(39-34-25)20-12-8-7-9-13-20)26(36)35-19-30(4)16-31(5,18-32(6,17-30)28(35)37)27-33-21-14-10-11-15-22(21)38-27/h7-15,23-24H,16-19H2,1-6H3/t23-,24-,30-,31+,32-/m1/s1. The second-order valence-electron chi connectivity index (χ2n) is 13.8. The van der Waals surface area contributed by atoms with Gasteiger partial charge in [0.1, 0.15) is 11.4 Å². The minimum Gasteiger partial charge on any atom is -0.440 e. The Morgan fingerprint density at radius 3 is 2.31 bits per heavy atom. The van der Waals surface area contributed by atoms with E-state index < -0.39 is 28.3 Å². The molecule has 1 saturated heterocycles. The fourth-order valence-electron chi connectivity index (χ4n) is 7.72. The van der Waals surface area contributed by atoms with Gasteiger partial charge in [0.05, 0.1) is 5.71 Å². The molecule has 3 aliphatic rings. The van der Waals surface area contributed by atoms with Crippen LogP contribution in [0.2, 0.25) is 0 Å². The summed E-state index contributed by atoms with van der Waals surface area (Å²) in [5.41, 5.74) is 1.31. The lowest BCUT2D eigenvalue weighted by molar-refractivity contribution is -0.171. The van der Waals surface area contributed by atoms with Gasteiger partial charge in [0.25, 0.3) is 0 Å². The zero-order chi connectivity index (χ0) is 27.8. The Labute approximate surface area is 229 Å². The molecular formula is C32H37N3O4. The molecule has 1 aromatic heterocycles. The van der Waals surface area contributed by atoms with E-state index >= 15 is 0 Å². The number of likely N-dealkylation sites (tertiary alicyclic amines) is 1. The van der Waals surface area contributed by atoms with Crippen LogP contribution >= 0.6 is 0 Å². The van der Waals surface area contributed by atoms with Crippen molar-refractivity contribution in [2.75, 3.05) is 6.54 Å². The van der Waals surface area contributed by atoms with Crippen LogP contribution in [-0.4, -0.2) is 34.0 Å². The minimum absolute atomic E-state index is 0.126. The Morgan fingerprint density at radius 1 is 0.949 bits per heavy atom. The predicted molar refractivity (Wildman–Crippen MR) is 149 cm³/mol. The number of oxazole rings is 1. The van der Waals surface area contributed by atoms with Crippen molar-refractivity contribution in [3.05, 3.63) is 66.1 Å². The maximum atomic E-state index is 14.4. The number of nitrogens with zero attached hydrogens (tertiary/aromatic N) is 3. The van der Waals surface area contributed by atoms with Crippen molar-refractivity contribution in [2.45, 2.75) is 72.3 Å². The second kappa shape index (κ2) is 8.51. The van der Waals surface area contributed by atoms with Crippen LogP contribution in [0.1, 0.15) is 78.4 Å². The molecule has 2 fully saturated rings. The van der Waals surface area contributed by atoms with Gasteiger partial charge < -0.3 is 9.25 Å². The van der Waals surface area contributed by atoms with E-state index in [-0.39, 0.29) is 17.2 Å². The number of carbonyl (C=O) groups is 2. The lowest BCUT2D eigenvalue weighted by Gasteiger charge is -2.57. The van der Waals surface area contributed by atoms with Gasteiger partial charge in [-0.25, -0.2) is 4.98 Å². The van der Waals surface area contributed by atoms with E-state index in [4.69, 9.17) is 14.2 Å².